The van der Waals surface area contributed by atoms with Crippen LogP contribution in [0.4, 0.5) is 5.69 Å². The fourth-order valence-corrected chi connectivity index (χ4v) is 3.29. The van der Waals surface area contributed by atoms with E-state index in [0.29, 0.717) is 16.5 Å². The first-order valence-corrected chi connectivity index (χ1v) is 9.12. The van der Waals surface area contributed by atoms with Crippen LogP contribution in [-0.4, -0.2) is 12.5 Å². The number of benzene rings is 2. The summed E-state index contributed by atoms with van der Waals surface area (Å²) in [6.45, 7) is 2.05. The Kier molecular flexibility index (Phi) is 6.93. The molecule has 0 bridgehead atoms. The number of nitrogens with one attached hydrogen (secondary N) is 1. The van der Waals surface area contributed by atoms with E-state index in [4.69, 9.17) is 16.3 Å². The van der Waals surface area contributed by atoms with Crippen LogP contribution >= 0.6 is 43.5 Å². The van der Waals surface area contributed by atoms with Crippen molar-refractivity contribution in [3.8, 4) is 5.75 Å². The molecule has 122 valence electrons. The van der Waals surface area contributed by atoms with E-state index in [-0.39, 0.29) is 12.5 Å². The van der Waals surface area contributed by atoms with Crippen LogP contribution in [0.15, 0.2) is 45.3 Å². The van der Waals surface area contributed by atoms with Crippen molar-refractivity contribution in [1.29, 1.82) is 0 Å². The molecule has 0 aliphatic rings. The Morgan fingerprint density at radius 1 is 1.22 bits per heavy atom. The number of carbonyl (C=O) groups excluding carboxylic acids is 1. The molecule has 1 amide bonds. The summed E-state index contributed by atoms with van der Waals surface area (Å²) in [7, 11) is 0. The lowest BCUT2D eigenvalue weighted by molar-refractivity contribution is -0.118. The van der Waals surface area contributed by atoms with Crippen LogP contribution in [0.3, 0.4) is 0 Å². The standard InChI is InChI=1S/C17H16Br2ClNO2/c1-2-3-11-4-7-16(13(19)8-11)23-10-17(22)21-15-6-5-12(18)9-14(15)20/h4-9H,2-3,10H2,1H3,(H,21,22). The summed E-state index contributed by atoms with van der Waals surface area (Å²) in [4.78, 5) is 12.0. The van der Waals surface area contributed by atoms with E-state index >= 15 is 0 Å². The van der Waals surface area contributed by atoms with E-state index < -0.39 is 0 Å². The molecule has 0 spiro atoms. The van der Waals surface area contributed by atoms with Crippen molar-refractivity contribution in [2.75, 3.05) is 11.9 Å². The minimum Gasteiger partial charge on any atom is -0.483 e. The number of aryl methyl sites for hydroxylation is 1. The van der Waals surface area contributed by atoms with Crippen molar-refractivity contribution >= 4 is 55.1 Å². The lowest BCUT2D eigenvalue weighted by atomic mass is 10.1. The van der Waals surface area contributed by atoms with Crippen LogP contribution in [0.5, 0.6) is 5.75 Å². The van der Waals surface area contributed by atoms with Crippen LogP contribution < -0.4 is 10.1 Å². The van der Waals surface area contributed by atoms with E-state index in [2.05, 4.69) is 44.1 Å². The zero-order chi connectivity index (χ0) is 16.8. The van der Waals surface area contributed by atoms with Crippen LogP contribution in [-0.2, 0) is 11.2 Å². The Bertz CT molecular complexity index is 707. The molecule has 0 aliphatic carbocycles. The summed E-state index contributed by atoms with van der Waals surface area (Å²) in [5, 5.41) is 3.20. The first-order chi connectivity index (χ1) is 11.0. The zero-order valence-corrected chi connectivity index (χ0v) is 16.5. The second-order valence-corrected chi connectivity index (χ2v) is 7.15. The highest BCUT2D eigenvalue weighted by atomic mass is 79.9. The molecule has 3 nitrogen and oxygen atoms in total. The number of hydrogen-bond donors (Lipinski definition) is 1. The molecule has 0 saturated heterocycles. The monoisotopic (exact) mass is 459 g/mol. The molecule has 0 aliphatic heterocycles. The topological polar surface area (TPSA) is 38.3 Å². The maximum absolute atomic E-state index is 12.0. The normalized spacial score (nSPS) is 10.4. The van der Waals surface area contributed by atoms with Crippen LogP contribution in [0.1, 0.15) is 18.9 Å². The van der Waals surface area contributed by atoms with Crippen molar-refractivity contribution in [3.05, 3.63) is 55.9 Å². The Morgan fingerprint density at radius 2 is 2.00 bits per heavy atom. The van der Waals surface area contributed by atoms with E-state index in [1.165, 1.54) is 5.56 Å². The number of carbonyl (C=O) groups is 1. The highest BCUT2D eigenvalue weighted by Crippen LogP contribution is 2.27. The quantitative estimate of drug-likeness (QED) is 0.587. The number of halogens is 3. The third kappa shape index (κ3) is 5.52. The minimum atomic E-state index is -0.265. The van der Waals surface area contributed by atoms with E-state index in [0.717, 1.165) is 21.8 Å². The van der Waals surface area contributed by atoms with Gasteiger partial charge in [0.25, 0.3) is 5.91 Å². The van der Waals surface area contributed by atoms with Crippen molar-refractivity contribution < 1.29 is 9.53 Å². The number of hydrogen-bond acceptors (Lipinski definition) is 2. The first kappa shape index (κ1) is 18.3. The first-order valence-electron chi connectivity index (χ1n) is 7.15. The largest absolute Gasteiger partial charge is 0.483 e. The van der Waals surface area contributed by atoms with Gasteiger partial charge >= 0.3 is 0 Å². The SMILES string of the molecule is CCCc1ccc(OCC(=O)Nc2ccc(Br)cc2Cl)c(Br)c1. The molecule has 0 atom stereocenters. The number of ether oxygens (including phenoxy) is 1. The molecular weight excluding hydrogens is 445 g/mol. The van der Waals surface area contributed by atoms with Gasteiger partial charge < -0.3 is 10.1 Å². The molecule has 2 rings (SSSR count). The Balaban J connectivity index is 1.94. The maximum Gasteiger partial charge on any atom is 0.262 e. The predicted molar refractivity (Wildman–Crippen MR) is 101 cm³/mol. The van der Waals surface area contributed by atoms with Crippen molar-refractivity contribution in [2.24, 2.45) is 0 Å². The summed E-state index contributed by atoms with van der Waals surface area (Å²) in [6, 6.07) is 11.2. The molecule has 0 fully saturated rings. The molecule has 6 heteroatoms. The van der Waals surface area contributed by atoms with Crippen molar-refractivity contribution in [3.63, 3.8) is 0 Å². The lowest BCUT2D eigenvalue weighted by Crippen LogP contribution is -2.20. The van der Waals surface area contributed by atoms with Gasteiger partial charge in [0.2, 0.25) is 0 Å². The maximum atomic E-state index is 12.0. The Morgan fingerprint density at radius 3 is 2.65 bits per heavy atom. The zero-order valence-electron chi connectivity index (χ0n) is 12.5. The molecule has 0 saturated carbocycles. The molecule has 2 aromatic rings. The predicted octanol–water partition coefficient (Wildman–Crippen LogP) is 5.84. The molecule has 2 aromatic carbocycles. The van der Waals surface area contributed by atoms with Crippen LogP contribution in [0, 0.1) is 0 Å². The van der Waals surface area contributed by atoms with Crippen molar-refractivity contribution in [2.45, 2.75) is 19.8 Å². The Hall–Kier alpha value is -1.04. The summed E-state index contributed by atoms with van der Waals surface area (Å²) < 4.78 is 7.26. The minimum absolute atomic E-state index is 0.0852. The highest BCUT2D eigenvalue weighted by Gasteiger charge is 2.09. The third-order valence-corrected chi connectivity index (χ3v) is 4.52. The molecule has 0 unspecified atom stereocenters. The lowest BCUT2D eigenvalue weighted by Gasteiger charge is -2.11. The average Bonchev–Trinajstić information content (AvgIpc) is 2.50. The number of rotatable bonds is 6. The van der Waals surface area contributed by atoms with Gasteiger partial charge in [-0.05, 0) is 58.2 Å². The smallest absolute Gasteiger partial charge is 0.262 e. The molecule has 1 N–H and O–H groups in total. The van der Waals surface area contributed by atoms with Crippen LogP contribution in [0.25, 0.3) is 0 Å². The fraction of sp³-hybridized carbons (Fsp3) is 0.235. The van der Waals surface area contributed by atoms with Gasteiger partial charge in [0.15, 0.2) is 6.61 Å². The molecule has 0 radical (unpaired) electrons. The third-order valence-electron chi connectivity index (χ3n) is 3.10. The van der Waals surface area contributed by atoms with Gasteiger partial charge in [0, 0.05) is 4.47 Å². The van der Waals surface area contributed by atoms with Gasteiger partial charge in [0.1, 0.15) is 5.75 Å². The van der Waals surface area contributed by atoms with Crippen molar-refractivity contribution in [1.82, 2.24) is 0 Å². The van der Waals surface area contributed by atoms with Gasteiger partial charge in [-0.2, -0.15) is 0 Å². The summed E-state index contributed by atoms with van der Waals surface area (Å²) in [5.74, 6) is 0.376. The summed E-state index contributed by atoms with van der Waals surface area (Å²) in [6.07, 6.45) is 2.10. The molecular formula is C17H16Br2ClNO2. The fourth-order valence-electron chi connectivity index (χ4n) is 2.03. The van der Waals surface area contributed by atoms with Gasteiger partial charge in [0.05, 0.1) is 15.2 Å². The Labute approximate surface area is 157 Å². The second kappa shape index (κ2) is 8.71. The summed E-state index contributed by atoms with van der Waals surface area (Å²) in [5.41, 5.74) is 1.79. The van der Waals surface area contributed by atoms with Gasteiger partial charge in [-0.1, -0.05) is 46.9 Å². The number of amides is 1. The number of anilines is 1. The highest BCUT2D eigenvalue weighted by molar-refractivity contribution is 9.10. The average molecular weight is 462 g/mol. The van der Waals surface area contributed by atoms with Gasteiger partial charge in [-0.15, -0.1) is 0 Å². The molecule has 0 aromatic heterocycles. The van der Waals surface area contributed by atoms with Gasteiger partial charge in [-0.3, -0.25) is 4.79 Å². The second-order valence-electron chi connectivity index (χ2n) is 4.98. The van der Waals surface area contributed by atoms with Crippen LogP contribution in [0.2, 0.25) is 5.02 Å². The van der Waals surface area contributed by atoms with E-state index in [9.17, 15) is 4.79 Å². The molecule has 23 heavy (non-hydrogen) atoms. The molecule has 0 heterocycles. The van der Waals surface area contributed by atoms with E-state index in [1.54, 1.807) is 12.1 Å². The van der Waals surface area contributed by atoms with E-state index in [1.807, 2.05) is 24.3 Å². The summed E-state index contributed by atoms with van der Waals surface area (Å²) >= 11 is 12.9. The van der Waals surface area contributed by atoms with Gasteiger partial charge in [-0.25, -0.2) is 0 Å².